The van der Waals surface area contributed by atoms with Crippen molar-refractivity contribution in [3.8, 4) is 16.9 Å². The molecule has 1 N–H and O–H groups in total. The smallest absolute Gasteiger partial charge is 0.416 e. The first-order valence-corrected chi connectivity index (χ1v) is 8.71. The molecule has 0 saturated carbocycles. The van der Waals surface area contributed by atoms with E-state index in [0.717, 1.165) is 23.3 Å². The second-order valence-electron chi connectivity index (χ2n) is 6.50. The van der Waals surface area contributed by atoms with E-state index in [1.807, 2.05) is 12.1 Å². The fourth-order valence-electron chi connectivity index (χ4n) is 3.22. The Hall–Kier alpha value is -3.61. The molecule has 0 bridgehead atoms. The maximum absolute atomic E-state index is 12.7. The van der Waals surface area contributed by atoms with Crippen molar-refractivity contribution in [2.75, 3.05) is 11.9 Å². The Labute approximate surface area is 163 Å². The molecular formula is C22H14F3NO3. The minimum Gasteiger partial charge on any atom is -0.484 e. The average Bonchev–Trinajstić information content (AvgIpc) is 2.98. The van der Waals surface area contributed by atoms with E-state index in [1.165, 1.54) is 12.1 Å². The van der Waals surface area contributed by atoms with Crippen LogP contribution in [0.3, 0.4) is 0 Å². The largest absolute Gasteiger partial charge is 0.484 e. The van der Waals surface area contributed by atoms with Crippen LogP contribution in [0.1, 0.15) is 21.5 Å². The van der Waals surface area contributed by atoms with Gasteiger partial charge >= 0.3 is 6.18 Å². The van der Waals surface area contributed by atoms with Crippen LogP contribution in [0, 0.1) is 0 Å². The summed E-state index contributed by atoms with van der Waals surface area (Å²) >= 11 is 0. The summed E-state index contributed by atoms with van der Waals surface area (Å²) in [4.78, 5) is 24.5. The van der Waals surface area contributed by atoms with Gasteiger partial charge in [0.25, 0.3) is 5.91 Å². The van der Waals surface area contributed by atoms with Gasteiger partial charge in [-0.3, -0.25) is 9.59 Å². The maximum Gasteiger partial charge on any atom is 0.416 e. The second kappa shape index (κ2) is 7.09. The Morgan fingerprint density at radius 1 is 0.862 bits per heavy atom. The van der Waals surface area contributed by atoms with Crippen LogP contribution in [-0.4, -0.2) is 18.3 Å². The lowest BCUT2D eigenvalue weighted by atomic mass is 10.1. The Balaban J connectivity index is 1.43. The lowest BCUT2D eigenvalue weighted by Gasteiger charge is -2.11. The molecule has 0 fully saturated rings. The predicted molar refractivity (Wildman–Crippen MR) is 101 cm³/mol. The highest BCUT2D eigenvalue weighted by atomic mass is 19.4. The number of ketones is 1. The molecule has 0 spiro atoms. The van der Waals surface area contributed by atoms with Crippen LogP contribution < -0.4 is 10.1 Å². The summed E-state index contributed by atoms with van der Waals surface area (Å²) < 4.78 is 43.7. The summed E-state index contributed by atoms with van der Waals surface area (Å²) in [6, 6.07) is 16.6. The SMILES string of the molecule is O=C(COc1ccc2c(c1)C(=O)c1ccccc1-2)Nc1cccc(C(F)(F)F)c1. The zero-order valence-corrected chi connectivity index (χ0v) is 14.9. The van der Waals surface area contributed by atoms with Crippen LogP contribution in [0.5, 0.6) is 5.75 Å². The molecule has 0 atom stereocenters. The van der Waals surface area contributed by atoms with Crippen molar-refractivity contribution in [3.63, 3.8) is 0 Å². The number of rotatable bonds is 4. The van der Waals surface area contributed by atoms with Crippen LogP contribution in [0.25, 0.3) is 11.1 Å². The number of anilines is 1. The van der Waals surface area contributed by atoms with Crippen molar-refractivity contribution >= 4 is 17.4 Å². The molecule has 1 amide bonds. The van der Waals surface area contributed by atoms with E-state index >= 15 is 0 Å². The highest BCUT2D eigenvalue weighted by molar-refractivity contribution is 6.21. The number of nitrogens with one attached hydrogen (secondary N) is 1. The third-order valence-electron chi connectivity index (χ3n) is 4.54. The third kappa shape index (κ3) is 3.71. The fraction of sp³-hybridized carbons (Fsp3) is 0.0909. The fourth-order valence-corrected chi connectivity index (χ4v) is 3.22. The first kappa shape index (κ1) is 18.7. The number of alkyl halides is 3. The number of fused-ring (bicyclic) bond motifs is 3. The Morgan fingerprint density at radius 3 is 2.34 bits per heavy atom. The van der Waals surface area contributed by atoms with Crippen LogP contribution in [0.15, 0.2) is 66.7 Å². The predicted octanol–water partition coefficient (Wildman–Crippen LogP) is 4.93. The van der Waals surface area contributed by atoms with Gasteiger partial charge < -0.3 is 10.1 Å². The zero-order chi connectivity index (χ0) is 20.6. The Bertz CT molecular complexity index is 1120. The van der Waals surface area contributed by atoms with Crippen molar-refractivity contribution in [2.24, 2.45) is 0 Å². The van der Waals surface area contributed by atoms with Gasteiger partial charge in [0.2, 0.25) is 0 Å². The van der Waals surface area contributed by atoms with Gasteiger partial charge in [-0.05, 0) is 47.5 Å². The van der Waals surface area contributed by atoms with Crippen LogP contribution in [0.2, 0.25) is 0 Å². The van der Waals surface area contributed by atoms with E-state index in [1.54, 1.807) is 30.3 Å². The van der Waals surface area contributed by atoms with Gasteiger partial charge in [0.1, 0.15) is 5.75 Å². The first-order chi connectivity index (χ1) is 13.8. The zero-order valence-electron chi connectivity index (χ0n) is 14.9. The minimum absolute atomic E-state index is 0.0213. The standard InChI is InChI=1S/C22H14F3NO3/c23-22(24,25)13-4-3-5-14(10-13)26-20(27)12-29-15-8-9-17-16-6-1-2-7-18(16)21(28)19(17)11-15/h1-11H,12H2,(H,26,27). The van der Waals surface area contributed by atoms with Crippen molar-refractivity contribution in [2.45, 2.75) is 6.18 Å². The number of halogens is 3. The van der Waals surface area contributed by atoms with Crippen LogP contribution in [0.4, 0.5) is 18.9 Å². The molecule has 29 heavy (non-hydrogen) atoms. The van der Waals surface area contributed by atoms with Crippen LogP contribution >= 0.6 is 0 Å². The van der Waals surface area contributed by atoms with Crippen LogP contribution in [-0.2, 0) is 11.0 Å². The molecule has 146 valence electrons. The van der Waals surface area contributed by atoms with E-state index in [4.69, 9.17) is 4.74 Å². The van der Waals surface area contributed by atoms with Crippen molar-refractivity contribution < 1.29 is 27.5 Å². The van der Waals surface area contributed by atoms with Gasteiger partial charge in [0.05, 0.1) is 5.56 Å². The summed E-state index contributed by atoms with van der Waals surface area (Å²) in [5, 5.41) is 2.37. The van der Waals surface area contributed by atoms with E-state index in [9.17, 15) is 22.8 Å². The van der Waals surface area contributed by atoms with Gasteiger partial charge in [-0.15, -0.1) is 0 Å². The third-order valence-corrected chi connectivity index (χ3v) is 4.54. The highest BCUT2D eigenvalue weighted by Crippen LogP contribution is 2.38. The number of carbonyl (C=O) groups excluding carboxylic acids is 2. The molecule has 0 saturated heterocycles. The van der Waals surface area contributed by atoms with E-state index in [-0.39, 0.29) is 11.5 Å². The van der Waals surface area contributed by atoms with Gasteiger partial charge in [0.15, 0.2) is 12.4 Å². The van der Waals surface area contributed by atoms with Crippen molar-refractivity contribution in [3.05, 3.63) is 83.4 Å². The summed E-state index contributed by atoms with van der Waals surface area (Å²) in [5.74, 6) is -0.405. The molecule has 0 radical (unpaired) electrons. The molecule has 4 rings (SSSR count). The molecular weight excluding hydrogens is 383 g/mol. The molecule has 0 aromatic heterocycles. The highest BCUT2D eigenvalue weighted by Gasteiger charge is 2.30. The first-order valence-electron chi connectivity index (χ1n) is 8.71. The minimum atomic E-state index is -4.49. The molecule has 1 aliphatic rings. The molecule has 0 aliphatic heterocycles. The average molecular weight is 397 g/mol. The van der Waals surface area contributed by atoms with Crippen molar-refractivity contribution in [1.82, 2.24) is 0 Å². The summed E-state index contributed by atoms with van der Waals surface area (Å²) in [7, 11) is 0. The molecule has 0 heterocycles. The van der Waals surface area contributed by atoms with Gasteiger partial charge in [-0.2, -0.15) is 13.2 Å². The van der Waals surface area contributed by atoms with E-state index in [0.29, 0.717) is 16.9 Å². The monoisotopic (exact) mass is 397 g/mol. The molecule has 3 aromatic rings. The normalized spacial score (nSPS) is 12.3. The van der Waals surface area contributed by atoms with E-state index < -0.39 is 24.3 Å². The number of carbonyl (C=O) groups is 2. The van der Waals surface area contributed by atoms with Gasteiger partial charge in [-0.25, -0.2) is 0 Å². The number of benzene rings is 3. The summed E-state index contributed by atoms with van der Waals surface area (Å²) in [6.45, 7) is -0.407. The second-order valence-corrected chi connectivity index (χ2v) is 6.50. The van der Waals surface area contributed by atoms with Crippen molar-refractivity contribution in [1.29, 1.82) is 0 Å². The number of hydrogen-bond donors (Lipinski definition) is 1. The summed E-state index contributed by atoms with van der Waals surface area (Å²) in [6.07, 6.45) is -4.49. The molecule has 0 unspecified atom stereocenters. The van der Waals surface area contributed by atoms with Gasteiger partial charge in [-0.1, -0.05) is 30.3 Å². The number of hydrogen-bond acceptors (Lipinski definition) is 3. The maximum atomic E-state index is 12.7. The molecule has 3 aromatic carbocycles. The number of amides is 1. The Morgan fingerprint density at radius 2 is 1.59 bits per heavy atom. The van der Waals surface area contributed by atoms with E-state index in [2.05, 4.69) is 5.32 Å². The summed E-state index contributed by atoms with van der Waals surface area (Å²) in [5.41, 5.74) is 1.91. The number of ether oxygens (including phenoxy) is 1. The molecule has 1 aliphatic carbocycles. The topological polar surface area (TPSA) is 55.4 Å². The lowest BCUT2D eigenvalue weighted by molar-refractivity contribution is -0.137. The Kier molecular flexibility index (Phi) is 4.58. The van der Waals surface area contributed by atoms with Gasteiger partial charge in [0, 0.05) is 16.8 Å². The molecule has 4 nitrogen and oxygen atoms in total. The molecule has 7 heteroatoms. The quantitative estimate of drug-likeness (QED) is 0.531. The lowest BCUT2D eigenvalue weighted by Crippen LogP contribution is -2.20.